The highest BCUT2D eigenvalue weighted by Gasteiger charge is 2.42. The van der Waals surface area contributed by atoms with Crippen LogP contribution in [0.2, 0.25) is 0 Å². The topological polar surface area (TPSA) is 51.8 Å². The Hall–Kier alpha value is -6.95. The third-order valence-electron chi connectivity index (χ3n) is 11.9. The second-order valence-electron chi connectivity index (χ2n) is 16.7. The van der Waals surface area contributed by atoms with Gasteiger partial charge in [0, 0.05) is 27.5 Å². The lowest BCUT2D eigenvalue weighted by molar-refractivity contribution is 0.590. The number of fused-ring (bicyclic) bond motifs is 3. The molecule has 0 amide bonds. The molecule has 1 unspecified atom stereocenters. The molecule has 10 rings (SSSR count). The Bertz CT molecular complexity index is 2980. The first kappa shape index (κ1) is 37.3. The molecule has 0 aliphatic heterocycles. The number of aromatic nitrogens is 3. The zero-order valence-corrected chi connectivity index (χ0v) is 35.1. The van der Waals surface area contributed by atoms with E-state index in [2.05, 4.69) is 142 Å². The Kier molecular flexibility index (Phi) is 9.54. The largest absolute Gasteiger partial charge is 0.456 e. The molecule has 0 radical (unpaired) electrons. The van der Waals surface area contributed by atoms with Crippen LogP contribution in [0.5, 0.6) is 0 Å². The van der Waals surface area contributed by atoms with Crippen LogP contribution in [0.15, 0.2) is 204 Å². The van der Waals surface area contributed by atoms with E-state index in [1.807, 2.05) is 72.8 Å². The maximum absolute atomic E-state index is 6.52. The van der Waals surface area contributed by atoms with Gasteiger partial charge in [-0.05, 0) is 73.9 Å². The van der Waals surface area contributed by atoms with E-state index in [0.717, 1.165) is 62.6 Å². The molecule has 0 saturated heterocycles. The monoisotopic (exact) mass is 791 g/mol. The summed E-state index contributed by atoms with van der Waals surface area (Å²) < 4.78 is 6.52. The minimum atomic E-state index is -2.66. The van der Waals surface area contributed by atoms with E-state index in [0.29, 0.717) is 17.5 Å². The van der Waals surface area contributed by atoms with Crippen LogP contribution < -0.4 is 15.6 Å². The molecule has 0 bridgehead atoms. The van der Waals surface area contributed by atoms with E-state index in [4.69, 9.17) is 19.4 Å². The van der Waals surface area contributed by atoms with Gasteiger partial charge in [0.15, 0.2) is 25.5 Å². The Morgan fingerprint density at radius 3 is 1.65 bits per heavy atom. The molecule has 2 heterocycles. The van der Waals surface area contributed by atoms with Crippen LogP contribution in [-0.2, 0) is 5.41 Å². The molecule has 1 aliphatic carbocycles. The molecule has 2 aromatic heterocycles. The van der Waals surface area contributed by atoms with E-state index in [1.165, 1.54) is 26.3 Å². The maximum Gasteiger partial charge on any atom is 0.179 e. The fourth-order valence-electron chi connectivity index (χ4n) is 8.83. The molecule has 0 spiro atoms. The SMILES string of the molecule is CC(C)(C)c1ccc([Si](C2=CCCC=C2)(c2ccccc2)c2ccc(-c3ccc4oc5cccc(-c6nc(-c7ccccc7)nc(-c7ccccc7)n6)c5c4c3)cc2)cc1. The van der Waals surface area contributed by atoms with Gasteiger partial charge < -0.3 is 4.42 Å². The van der Waals surface area contributed by atoms with Crippen LogP contribution in [0.1, 0.15) is 39.2 Å². The fraction of sp³-hybridized carbons (Fsp3) is 0.109. The molecular weight excluding hydrogens is 747 g/mol. The van der Waals surface area contributed by atoms with Gasteiger partial charge in [0.05, 0.1) is 0 Å². The van der Waals surface area contributed by atoms with Gasteiger partial charge in [-0.3, -0.25) is 0 Å². The smallest absolute Gasteiger partial charge is 0.179 e. The summed E-state index contributed by atoms with van der Waals surface area (Å²) in [7, 11) is -2.66. The van der Waals surface area contributed by atoms with Gasteiger partial charge in [-0.1, -0.05) is 197 Å². The van der Waals surface area contributed by atoms with E-state index in [-0.39, 0.29) is 5.41 Å². The van der Waals surface area contributed by atoms with Crippen molar-refractivity contribution in [3.05, 3.63) is 205 Å². The molecule has 0 fully saturated rings. The molecule has 0 saturated carbocycles. The Morgan fingerprint density at radius 2 is 1.05 bits per heavy atom. The minimum absolute atomic E-state index is 0.0743. The highest BCUT2D eigenvalue weighted by molar-refractivity contribution is 7.16. The van der Waals surface area contributed by atoms with Crippen molar-refractivity contribution in [2.24, 2.45) is 0 Å². The van der Waals surface area contributed by atoms with Crippen molar-refractivity contribution in [2.45, 2.75) is 39.0 Å². The molecule has 4 nitrogen and oxygen atoms in total. The summed E-state index contributed by atoms with van der Waals surface area (Å²) in [6, 6.07) is 63.0. The number of allylic oxidation sites excluding steroid dienone is 4. The predicted molar refractivity (Wildman–Crippen MR) is 252 cm³/mol. The van der Waals surface area contributed by atoms with Crippen molar-refractivity contribution in [1.82, 2.24) is 15.0 Å². The molecule has 1 aliphatic rings. The van der Waals surface area contributed by atoms with Gasteiger partial charge in [0.1, 0.15) is 11.2 Å². The number of benzene rings is 7. The lowest BCUT2D eigenvalue weighted by Gasteiger charge is -2.36. The number of nitrogens with zero attached hydrogens (tertiary/aromatic N) is 3. The first-order valence-electron chi connectivity index (χ1n) is 20.8. The summed E-state index contributed by atoms with van der Waals surface area (Å²) in [6.45, 7) is 6.86. The standard InChI is InChI=1S/C55H45N3OSi/c1-55(2,3)42-30-34-46(35-31-42)60(43-21-12-6-13-22-43,44-23-14-7-15-24-44)45-32-27-38(28-33-45)41-29-36-49-48(37-41)51-47(25-16-26-50(51)59-49)54-57-52(39-17-8-4-9-18-39)56-53(58-54)40-19-10-5-11-20-40/h4-6,8-14,16-37H,7,15H2,1-3H3. The van der Waals surface area contributed by atoms with Gasteiger partial charge in [-0.2, -0.15) is 0 Å². The van der Waals surface area contributed by atoms with Crippen LogP contribution in [0.4, 0.5) is 0 Å². The average Bonchev–Trinajstić information content (AvgIpc) is 3.69. The first-order valence-corrected chi connectivity index (χ1v) is 22.8. The van der Waals surface area contributed by atoms with Crippen LogP contribution in [0.3, 0.4) is 0 Å². The van der Waals surface area contributed by atoms with Crippen LogP contribution in [0, 0.1) is 0 Å². The quantitative estimate of drug-likeness (QED) is 0.114. The van der Waals surface area contributed by atoms with Gasteiger partial charge in [0.2, 0.25) is 0 Å². The van der Waals surface area contributed by atoms with Gasteiger partial charge in [-0.25, -0.2) is 15.0 Å². The summed E-state index contributed by atoms with van der Waals surface area (Å²) >= 11 is 0. The molecule has 60 heavy (non-hydrogen) atoms. The van der Waals surface area contributed by atoms with Gasteiger partial charge in [-0.15, -0.1) is 0 Å². The Labute approximate surface area is 352 Å². The summed E-state index contributed by atoms with van der Waals surface area (Å²) in [5.41, 5.74) is 8.08. The lowest BCUT2D eigenvalue weighted by Crippen LogP contribution is -2.68. The van der Waals surface area contributed by atoms with Crippen LogP contribution in [-0.4, -0.2) is 23.0 Å². The van der Waals surface area contributed by atoms with Gasteiger partial charge >= 0.3 is 0 Å². The summed E-state index contributed by atoms with van der Waals surface area (Å²) in [5, 5.41) is 7.61. The van der Waals surface area contributed by atoms with E-state index < -0.39 is 8.07 Å². The van der Waals surface area contributed by atoms with Crippen molar-refractivity contribution < 1.29 is 4.42 Å². The van der Waals surface area contributed by atoms with Crippen molar-refractivity contribution in [2.75, 3.05) is 0 Å². The molecule has 290 valence electrons. The number of furan rings is 1. The molecule has 0 N–H and O–H groups in total. The van der Waals surface area contributed by atoms with E-state index in [9.17, 15) is 0 Å². The van der Waals surface area contributed by atoms with Gasteiger partial charge in [0.25, 0.3) is 0 Å². The summed E-state index contributed by atoms with van der Waals surface area (Å²) in [6.07, 6.45) is 9.39. The normalized spacial score (nSPS) is 13.9. The fourth-order valence-corrected chi connectivity index (χ4v) is 13.7. The van der Waals surface area contributed by atoms with Crippen molar-refractivity contribution in [1.29, 1.82) is 0 Å². The summed E-state index contributed by atoms with van der Waals surface area (Å²) in [5.74, 6) is 1.86. The zero-order valence-electron chi connectivity index (χ0n) is 34.1. The van der Waals surface area contributed by atoms with Crippen molar-refractivity contribution in [3.8, 4) is 45.3 Å². The lowest BCUT2D eigenvalue weighted by atomic mass is 9.87. The second kappa shape index (κ2) is 15.3. The molecule has 7 aromatic carbocycles. The number of hydrogen-bond acceptors (Lipinski definition) is 4. The zero-order chi connectivity index (χ0) is 40.7. The van der Waals surface area contributed by atoms with E-state index in [1.54, 1.807) is 0 Å². The van der Waals surface area contributed by atoms with Crippen molar-refractivity contribution in [3.63, 3.8) is 0 Å². The second-order valence-corrected chi connectivity index (χ2v) is 20.5. The molecule has 5 heteroatoms. The molecular formula is C55H45N3OSi. The van der Waals surface area contributed by atoms with Crippen LogP contribution >= 0.6 is 0 Å². The Morgan fingerprint density at radius 1 is 0.483 bits per heavy atom. The average molecular weight is 792 g/mol. The molecule has 9 aromatic rings. The number of hydrogen-bond donors (Lipinski definition) is 0. The van der Waals surface area contributed by atoms with Crippen LogP contribution in [0.25, 0.3) is 67.2 Å². The highest BCUT2D eigenvalue weighted by atomic mass is 28.3. The number of rotatable bonds is 8. The maximum atomic E-state index is 6.52. The highest BCUT2D eigenvalue weighted by Crippen LogP contribution is 2.38. The van der Waals surface area contributed by atoms with E-state index >= 15 is 0 Å². The van der Waals surface area contributed by atoms with Crippen molar-refractivity contribution >= 4 is 45.6 Å². The third-order valence-corrected chi connectivity index (χ3v) is 16.7. The minimum Gasteiger partial charge on any atom is -0.456 e. The Balaban J connectivity index is 1.11. The summed E-state index contributed by atoms with van der Waals surface area (Å²) in [4.78, 5) is 15.1. The third kappa shape index (κ3) is 6.71. The molecule has 1 atom stereocenters. The first-order chi connectivity index (χ1) is 29.4. The predicted octanol–water partition coefficient (Wildman–Crippen LogP) is 12.0.